The van der Waals surface area contributed by atoms with Gasteiger partial charge in [0.05, 0.1) is 12.7 Å². The van der Waals surface area contributed by atoms with Gasteiger partial charge in [0.25, 0.3) is 5.91 Å². The number of aromatic nitrogens is 1. The van der Waals surface area contributed by atoms with E-state index in [4.69, 9.17) is 27.9 Å². The van der Waals surface area contributed by atoms with Gasteiger partial charge in [-0.2, -0.15) is 0 Å². The van der Waals surface area contributed by atoms with Gasteiger partial charge >= 0.3 is 0 Å². The van der Waals surface area contributed by atoms with Gasteiger partial charge in [-0.25, -0.2) is 4.98 Å². The van der Waals surface area contributed by atoms with E-state index in [1.807, 2.05) is 24.3 Å². The molecule has 0 bridgehead atoms. The largest absolute Gasteiger partial charge is 0.371 e. The Morgan fingerprint density at radius 2 is 1.88 bits per heavy atom. The van der Waals surface area contributed by atoms with Crippen LogP contribution in [-0.2, 0) is 4.74 Å². The topological polar surface area (TPSA) is 63.2 Å². The van der Waals surface area contributed by atoms with Gasteiger partial charge in [0.2, 0.25) is 0 Å². The predicted octanol–water partition coefficient (Wildman–Crippen LogP) is 3.72. The number of pyridine rings is 1. The molecule has 0 saturated carbocycles. The summed E-state index contributed by atoms with van der Waals surface area (Å²) in [7, 11) is 0. The zero-order chi connectivity index (χ0) is 16.2. The molecular formula is C16H16Cl3N3O2. The van der Waals surface area contributed by atoms with Crippen LogP contribution in [0.4, 0.5) is 5.69 Å². The molecule has 1 aromatic carbocycles. The first-order valence-electron chi connectivity index (χ1n) is 7.18. The second-order valence-electron chi connectivity index (χ2n) is 5.14. The number of nitrogens with zero attached hydrogens (tertiary/aromatic N) is 1. The molecule has 0 spiro atoms. The third-order valence-electron chi connectivity index (χ3n) is 3.49. The van der Waals surface area contributed by atoms with Crippen LogP contribution in [0.15, 0.2) is 36.4 Å². The van der Waals surface area contributed by atoms with Crippen molar-refractivity contribution >= 4 is 47.2 Å². The normalized spacial score (nSPS) is 17.0. The molecule has 3 rings (SSSR count). The van der Waals surface area contributed by atoms with Crippen molar-refractivity contribution in [1.82, 2.24) is 10.3 Å². The van der Waals surface area contributed by atoms with Crippen LogP contribution in [0.25, 0.3) is 0 Å². The highest BCUT2D eigenvalue weighted by atomic mass is 35.5. The minimum atomic E-state index is -0.292. The summed E-state index contributed by atoms with van der Waals surface area (Å²) in [5, 5.41) is 6.45. The lowest BCUT2D eigenvalue weighted by Crippen LogP contribution is -2.33. The SMILES string of the molecule is Cl.O=C(Nc1ccc(C2CNCCO2)cc1)c1cc(Cl)nc(Cl)c1. The molecule has 1 atom stereocenters. The Hall–Kier alpha value is -1.37. The van der Waals surface area contributed by atoms with Crippen LogP contribution >= 0.6 is 35.6 Å². The maximum absolute atomic E-state index is 12.2. The van der Waals surface area contributed by atoms with Crippen LogP contribution in [-0.4, -0.2) is 30.6 Å². The van der Waals surface area contributed by atoms with E-state index >= 15 is 0 Å². The van der Waals surface area contributed by atoms with Crippen LogP contribution in [0.5, 0.6) is 0 Å². The number of anilines is 1. The molecule has 1 aliphatic rings. The van der Waals surface area contributed by atoms with E-state index in [1.165, 1.54) is 12.1 Å². The van der Waals surface area contributed by atoms with Gasteiger partial charge in [-0.15, -0.1) is 12.4 Å². The standard InChI is InChI=1S/C16H15Cl2N3O2.ClH/c17-14-7-11(8-15(18)21-14)16(22)20-12-3-1-10(2-4-12)13-9-19-5-6-23-13;/h1-4,7-8,13,19H,5-6,9H2,(H,20,22);1H. The van der Waals surface area contributed by atoms with Crippen molar-refractivity contribution in [2.45, 2.75) is 6.10 Å². The van der Waals surface area contributed by atoms with Crippen molar-refractivity contribution in [2.75, 3.05) is 25.0 Å². The first kappa shape index (κ1) is 19.0. The van der Waals surface area contributed by atoms with Gasteiger partial charge in [0.15, 0.2) is 0 Å². The fourth-order valence-electron chi connectivity index (χ4n) is 2.36. The maximum atomic E-state index is 12.2. The summed E-state index contributed by atoms with van der Waals surface area (Å²) in [6.07, 6.45) is 0.0475. The lowest BCUT2D eigenvalue weighted by molar-refractivity contribution is 0.0277. The van der Waals surface area contributed by atoms with E-state index in [0.29, 0.717) is 17.9 Å². The number of carbonyl (C=O) groups excluding carboxylic acids is 1. The highest BCUT2D eigenvalue weighted by Crippen LogP contribution is 2.21. The Bertz CT molecular complexity index is 684. The molecule has 1 fully saturated rings. The number of amides is 1. The Balaban J connectivity index is 0.00000208. The lowest BCUT2D eigenvalue weighted by Gasteiger charge is -2.24. The zero-order valence-electron chi connectivity index (χ0n) is 12.6. The van der Waals surface area contributed by atoms with Crippen LogP contribution in [0, 0.1) is 0 Å². The molecule has 1 amide bonds. The minimum Gasteiger partial charge on any atom is -0.371 e. The lowest BCUT2D eigenvalue weighted by atomic mass is 10.1. The monoisotopic (exact) mass is 387 g/mol. The summed E-state index contributed by atoms with van der Waals surface area (Å²) >= 11 is 11.6. The minimum absolute atomic E-state index is 0. The Morgan fingerprint density at radius 1 is 1.21 bits per heavy atom. The molecular weight excluding hydrogens is 373 g/mol. The average molecular weight is 389 g/mol. The Labute approximate surface area is 156 Å². The highest BCUT2D eigenvalue weighted by Gasteiger charge is 2.15. The summed E-state index contributed by atoms with van der Waals surface area (Å²) in [5.74, 6) is -0.292. The molecule has 2 aromatic rings. The summed E-state index contributed by atoms with van der Waals surface area (Å²) < 4.78 is 5.69. The fraction of sp³-hybridized carbons (Fsp3) is 0.250. The molecule has 1 aliphatic heterocycles. The van der Waals surface area contributed by atoms with Gasteiger partial charge in [0.1, 0.15) is 10.3 Å². The number of nitrogens with one attached hydrogen (secondary N) is 2. The highest BCUT2D eigenvalue weighted by molar-refractivity contribution is 6.33. The molecule has 128 valence electrons. The quantitative estimate of drug-likeness (QED) is 0.787. The van der Waals surface area contributed by atoms with Crippen molar-refractivity contribution in [3.8, 4) is 0 Å². The number of morpholine rings is 1. The predicted molar refractivity (Wildman–Crippen MR) is 97.5 cm³/mol. The zero-order valence-corrected chi connectivity index (χ0v) is 14.9. The molecule has 1 unspecified atom stereocenters. The van der Waals surface area contributed by atoms with E-state index in [0.717, 1.165) is 18.7 Å². The molecule has 8 heteroatoms. The number of ether oxygens (including phenoxy) is 1. The molecule has 5 nitrogen and oxygen atoms in total. The summed E-state index contributed by atoms with van der Waals surface area (Å²) in [6.45, 7) is 2.37. The van der Waals surface area contributed by atoms with Crippen molar-refractivity contribution in [2.24, 2.45) is 0 Å². The van der Waals surface area contributed by atoms with Gasteiger partial charge in [-0.3, -0.25) is 4.79 Å². The molecule has 2 N–H and O–H groups in total. The second kappa shape index (κ2) is 8.65. The number of carbonyl (C=O) groups is 1. The molecule has 2 heterocycles. The summed E-state index contributed by atoms with van der Waals surface area (Å²) in [6, 6.07) is 10.5. The maximum Gasteiger partial charge on any atom is 0.255 e. The average Bonchev–Trinajstić information content (AvgIpc) is 2.55. The first-order chi connectivity index (χ1) is 11.1. The molecule has 24 heavy (non-hydrogen) atoms. The van der Waals surface area contributed by atoms with Crippen LogP contribution in [0.1, 0.15) is 22.0 Å². The van der Waals surface area contributed by atoms with Crippen molar-refractivity contribution in [1.29, 1.82) is 0 Å². The summed E-state index contributed by atoms with van der Waals surface area (Å²) in [5.41, 5.74) is 2.12. The van der Waals surface area contributed by atoms with Crippen molar-refractivity contribution in [3.05, 3.63) is 57.8 Å². The number of halogens is 3. The third-order valence-corrected chi connectivity index (χ3v) is 3.88. The smallest absolute Gasteiger partial charge is 0.255 e. The van der Waals surface area contributed by atoms with Gasteiger partial charge in [-0.1, -0.05) is 35.3 Å². The van der Waals surface area contributed by atoms with Gasteiger partial charge in [0, 0.05) is 24.3 Å². The number of hydrogen-bond donors (Lipinski definition) is 2. The van der Waals surface area contributed by atoms with Gasteiger partial charge < -0.3 is 15.4 Å². The number of rotatable bonds is 3. The Kier molecular flexibility index (Phi) is 6.83. The van der Waals surface area contributed by atoms with Crippen LogP contribution in [0.3, 0.4) is 0 Å². The van der Waals surface area contributed by atoms with E-state index < -0.39 is 0 Å². The molecule has 0 radical (unpaired) electrons. The van der Waals surface area contributed by atoms with Crippen molar-refractivity contribution in [3.63, 3.8) is 0 Å². The third kappa shape index (κ3) is 4.82. The van der Waals surface area contributed by atoms with Crippen LogP contribution < -0.4 is 10.6 Å². The van der Waals surface area contributed by atoms with E-state index in [1.54, 1.807) is 0 Å². The fourth-order valence-corrected chi connectivity index (χ4v) is 2.82. The van der Waals surface area contributed by atoms with E-state index in [9.17, 15) is 4.79 Å². The Morgan fingerprint density at radius 3 is 2.46 bits per heavy atom. The van der Waals surface area contributed by atoms with E-state index in [-0.39, 0.29) is 34.7 Å². The molecule has 0 aliphatic carbocycles. The molecule has 1 aromatic heterocycles. The van der Waals surface area contributed by atoms with Crippen molar-refractivity contribution < 1.29 is 9.53 Å². The van der Waals surface area contributed by atoms with E-state index in [2.05, 4.69) is 15.6 Å². The second-order valence-corrected chi connectivity index (χ2v) is 5.92. The first-order valence-corrected chi connectivity index (χ1v) is 7.94. The number of hydrogen-bond acceptors (Lipinski definition) is 4. The van der Waals surface area contributed by atoms with Gasteiger partial charge in [-0.05, 0) is 29.8 Å². The summed E-state index contributed by atoms with van der Waals surface area (Å²) in [4.78, 5) is 16.0. The number of benzene rings is 1. The molecule has 1 saturated heterocycles. The van der Waals surface area contributed by atoms with Crippen LogP contribution in [0.2, 0.25) is 10.3 Å².